The van der Waals surface area contributed by atoms with Gasteiger partial charge in [0.05, 0.1) is 5.97 Å². The Bertz CT molecular complexity index is 489. The molecule has 0 fully saturated rings. The van der Waals surface area contributed by atoms with Crippen molar-refractivity contribution in [3.8, 4) is 0 Å². The summed E-state index contributed by atoms with van der Waals surface area (Å²) in [5, 5.41) is 11.2. The predicted octanol–water partition coefficient (Wildman–Crippen LogP) is -4.90. The van der Waals surface area contributed by atoms with Crippen LogP contribution in [0.25, 0.3) is 0 Å². The summed E-state index contributed by atoms with van der Waals surface area (Å²) >= 11 is 0. The summed E-state index contributed by atoms with van der Waals surface area (Å²) in [7, 11) is 0. The quantitative estimate of drug-likeness (QED) is 0.231. The number of hydrogen-bond acceptors (Lipinski definition) is 10. The molecule has 0 radical (unpaired) electrons. The van der Waals surface area contributed by atoms with Gasteiger partial charge in [0.1, 0.15) is 6.61 Å². The van der Waals surface area contributed by atoms with Gasteiger partial charge in [-0.15, -0.1) is 0 Å². The van der Waals surface area contributed by atoms with Crippen LogP contribution in [0.5, 0.6) is 0 Å². The molecule has 0 aliphatic carbocycles. The van der Waals surface area contributed by atoms with E-state index in [2.05, 4.69) is 9.47 Å². The number of carboxylic acids is 1. The first-order valence-corrected chi connectivity index (χ1v) is 6.40. The van der Waals surface area contributed by atoms with Gasteiger partial charge in [0, 0.05) is 27.7 Å². The van der Waals surface area contributed by atoms with Gasteiger partial charge in [0.15, 0.2) is 18.3 Å². The van der Waals surface area contributed by atoms with Crippen molar-refractivity contribution < 1.29 is 99.4 Å². The Morgan fingerprint density at radius 3 is 1.58 bits per heavy atom. The van der Waals surface area contributed by atoms with Crippen LogP contribution in [-0.2, 0) is 42.9 Å². The number of esters is 4. The van der Waals surface area contributed by atoms with Gasteiger partial charge >= 0.3 is 75.3 Å². The van der Waals surface area contributed by atoms with E-state index in [1.54, 1.807) is 0 Å². The zero-order valence-corrected chi connectivity index (χ0v) is 17.1. The van der Waals surface area contributed by atoms with Crippen LogP contribution in [0, 0.1) is 0 Å². The molecule has 0 rings (SSSR count). The minimum atomic E-state index is -2.06. The van der Waals surface area contributed by atoms with Crippen molar-refractivity contribution >= 4 is 29.8 Å². The van der Waals surface area contributed by atoms with E-state index in [9.17, 15) is 29.1 Å². The van der Waals surface area contributed by atoms with Crippen LogP contribution in [0.2, 0.25) is 0 Å². The van der Waals surface area contributed by atoms with E-state index in [-0.39, 0.29) is 51.4 Å². The van der Waals surface area contributed by atoms with E-state index in [0.29, 0.717) is 0 Å². The number of hydrogen-bond donors (Lipinski definition) is 0. The average Bonchev–Trinajstić information content (AvgIpc) is 2.37. The van der Waals surface area contributed by atoms with Gasteiger partial charge in [-0.25, -0.2) is 0 Å². The molecule has 0 saturated carbocycles. The molecule has 0 aromatic carbocycles. The first-order valence-electron chi connectivity index (χ1n) is 6.40. The molecular weight excluding hydrogens is 355 g/mol. The molecule has 130 valence electrons. The normalized spacial score (nSPS) is 13.3. The second kappa shape index (κ2) is 12.4. The molecule has 24 heavy (non-hydrogen) atoms. The maximum absolute atomic E-state index is 11.2. The Morgan fingerprint density at radius 1 is 0.792 bits per heavy atom. The van der Waals surface area contributed by atoms with E-state index in [4.69, 9.17) is 9.47 Å². The molecule has 0 N–H and O–H groups in total. The smallest absolute Gasteiger partial charge is 0.546 e. The zero-order valence-electron chi connectivity index (χ0n) is 14.0. The van der Waals surface area contributed by atoms with Crippen molar-refractivity contribution in [3.05, 3.63) is 0 Å². The minimum absolute atomic E-state index is 0. The molecule has 0 aliphatic rings. The third-order valence-corrected chi connectivity index (χ3v) is 2.26. The van der Waals surface area contributed by atoms with E-state index in [1.807, 2.05) is 0 Å². The number of aliphatic carboxylic acids is 1. The van der Waals surface area contributed by atoms with Crippen molar-refractivity contribution in [2.75, 3.05) is 6.61 Å². The Labute approximate surface area is 180 Å². The maximum atomic E-state index is 11.2. The average molecular weight is 372 g/mol. The van der Waals surface area contributed by atoms with Gasteiger partial charge in [0.2, 0.25) is 0 Å². The molecule has 0 aromatic heterocycles. The zero-order chi connectivity index (χ0) is 18.2. The molecule has 0 saturated heterocycles. The Morgan fingerprint density at radius 2 is 1.25 bits per heavy atom. The fourth-order valence-electron chi connectivity index (χ4n) is 1.56. The van der Waals surface area contributed by atoms with Crippen LogP contribution >= 0.6 is 0 Å². The molecule has 0 aliphatic heterocycles. The Hall–Kier alpha value is -1.01. The number of rotatable bonds is 8. The molecule has 0 bridgehead atoms. The van der Waals surface area contributed by atoms with Crippen molar-refractivity contribution in [2.45, 2.75) is 46.0 Å². The summed E-state index contributed by atoms with van der Waals surface area (Å²) in [6, 6.07) is 0. The van der Waals surface area contributed by atoms with Gasteiger partial charge in [-0.2, -0.15) is 0 Å². The third-order valence-electron chi connectivity index (χ3n) is 2.26. The van der Waals surface area contributed by atoms with Gasteiger partial charge in [-0.3, -0.25) is 19.2 Å². The first kappa shape index (κ1) is 25.2. The van der Waals surface area contributed by atoms with E-state index in [0.717, 1.165) is 27.7 Å². The fourth-order valence-corrected chi connectivity index (χ4v) is 1.56. The SMILES string of the molecule is CC(=O)OCC(OC(C)=O)C(OC(C)=O)C(OC(C)=O)C(=O)[O-].[K+]. The summed E-state index contributed by atoms with van der Waals surface area (Å²) in [5.74, 6) is -5.43. The third kappa shape index (κ3) is 10.7. The molecule has 3 unspecified atom stereocenters. The number of carboxylic acid groups (broad SMARTS) is 1. The molecule has 11 heteroatoms. The van der Waals surface area contributed by atoms with Gasteiger partial charge in [0.25, 0.3) is 0 Å². The number of ether oxygens (including phenoxy) is 4. The number of carbonyl (C=O) groups is 5. The van der Waals surface area contributed by atoms with Crippen LogP contribution in [0.1, 0.15) is 27.7 Å². The predicted molar refractivity (Wildman–Crippen MR) is 68.3 cm³/mol. The largest absolute Gasteiger partial charge is 1.00 e. The Kier molecular flexibility index (Phi) is 13.0. The molecule has 0 aromatic rings. The molecular formula is C13H17KO10. The molecule has 3 atom stereocenters. The van der Waals surface area contributed by atoms with Gasteiger partial charge in [-0.05, 0) is 0 Å². The molecule has 0 spiro atoms. The van der Waals surface area contributed by atoms with E-state index in [1.165, 1.54) is 0 Å². The maximum Gasteiger partial charge on any atom is 1.00 e. The van der Waals surface area contributed by atoms with Crippen LogP contribution < -0.4 is 56.5 Å². The minimum Gasteiger partial charge on any atom is -0.546 e. The fraction of sp³-hybridized carbons (Fsp3) is 0.615. The topological polar surface area (TPSA) is 145 Å². The summed E-state index contributed by atoms with van der Waals surface area (Å²) in [6.07, 6.45) is -5.33. The van der Waals surface area contributed by atoms with E-state index < -0.39 is 54.8 Å². The van der Waals surface area contributed by atoms with Crippen LogP contribution in [0.15, 0.2) is 0 Å². The van der Waals surface area contributed by atoms with Crippen molar-refractivity contribution in [2.24, 2.45) is 0 Å². The van der Waals surface area contributed by atoms with Crippen LogP contribution in [0.3, 0.4) is 0 Å². The van der Waals surface area contributed by atoms with Crippen molar-refractivity contribution in [3.63, 3.8) is 0 Å². The molecule has 0 heterocycles. The summed E-state index contributed by atoms with van der Waals surface area (Å²) in [4.78, 5) is 55.3. The Balaban J connectivity index is 0. The summed E-state index contributed by atoms with van der Waals surface area (Å²) in [6.45, 7) is 3.34. The number of carbonyl (C=O) groups excluding carboxylic acids is 5. The molecule has 0 amide bonds. The van der Waals surface area contributed by atoms with Crippen molar-refractivity contribution in [1.82, 2.24) is 0 Å². The second-order valence-corrected chi connectivity index (χ2v) is 4.37. The first-order chi connectivity index (χ1) is 10.5. The summed E-state index contributed by atoms with van der Waals surface area (Å²) < 4.78 is 18.7. The van der Waals surface area contributed by atoms with Crippen LogP contribution in [0.4, 0.5) is 0 Å². The standard InChI is InChI=1S/C13H18O10.K/c1-6(14)20-5-10(21-7(2)15)11(22-8(3)16)12(13(18)19)23-9(4)17;/h10-12H,5H2,1-4H3,(H,18,19);/q;+1/p-1. The monoisotopic (exact) mass is 372 g/mol. The second-order valence-electron chi connectivity index (χ2n) is 4.37. The van der Waals surface area contributed by atoms with Gasteiger partial charge in [-0.1, -0.05) is 0 Å². The van der Waals surface area contributed by atoms with Crippen LogP contribution in [-0.4, -0.2) is 54.8 Å². The summed E-state index contributed by atoms with van der Waals surface area (Å²) in [5.41, 5.74) is 0. The van der Waals surface area contributed by atoms with Crippen molar-refractivity contribution in [1.29, 1.82) is 0 Å². The van der Waals surface area contributed by atoms with Gasteiger partial charge < -0.3 is 28.8 Å². The molecule has 10 nitrogen and oxygen atoms in total. The van der Waals surface area contributed by atoms with E-state index >= 15 is 0 Å².